The largest absolute Gasteiger partial charge is 0.490 e. The number of anilines is 1. The van der Waals surface area contributed by atoms with Gasteiger partial charge in [-0.05, 0) is 93.4 Å². The number of carbonyl (C=O) groups excluding carboxylic acids is 1. The van der Waals surface area contributed by atoms with Crippen molar-refractivity contribution in [2.24, 2.45) is 5.10 Å². The lowest BCUT2D eigenvalue weighted by atomic mass is 10.1. The normalized spacial score (nSPS) is 11.6. The van der Waals surface area contributed by atoms with Crippen LogP contribution >= 0.6 is 31.9 Å². The molecular formula is C32H22Br2F4N4O4. The number of carbonyl (C=O) groups is 1. The number of nitrogens with zero attached hydrogens (tertiary/aromatic N) is 3. The second-order valence-electron chi connectivity index (χ2n) is 9.59. The van der Waals surface area contributed by atoms with E-state index < -0.39 is 35.6 Å². The quantitative estimate of drug-likeness (QED) is 0.121. The van der Waals surface area contributed by atoms with Crippen LogP contribution in [0.15, 0.2) is 97.7 Å². The van der Waals surface area contributed by atoms with Crippen molar-refractivity contribution in [2.45, 2.75) is 13.1 Å². The summed E-state index contributed by atoms with van der Waals surface area (Å²) in [6, 6.07) is 17.7. The van der Waals surface area contributed by atoms with Crippen molar-refractivity contribution in [1.29, 1.82) is 0 Å². The van der Waals surface area contributed by atoms with E-state index in [1.54, 1.807) is 37.3 Å². The van der Waals surface area contributed by atoms with Crippen LogP contribution in [0.5, 0.6) is 11.5 Å². The molecular weight excluding hydrogens is 740 g/mol. The molecule has 0 atom stereocenters. The zero-order valence-corrected chi connectivity index (χ0v) is 26.9. The van der Waals surface area contributed by atoms with Crippen molar-refractivity contribution in [3.63, 3.8) is 0 Å². The van der Waals surface area contributed by atoms with Crippen LogP contribution in [-0.4, -0.2) is 35.0 Å². The number of halogens is 6. The highest BCUT2D eigenvalue weighted by Crippen LogP contribution is 2.42. The molecule has 0 aliphatic rings. The van der Waals surface area contributed by atoms with E-state index in [1.807, 2.05) is 0 Å². The number of nitrogens with one attached hydrogen (secondary N) is 1. The fourth-order valence-corrected chi connectivity index (χ4v) is 5.27. The van der Waals surface area contributed by atoms with Crippen LogP contribution < -0.4 is 20.3 Å². The summed E-state index contributed by atoms with van der Waals surface area (Å²) in [6.45, 7) is 1.57. The van der Waals surface area contributed by atoms with Gasteiger partial charge in [-0.3, -0.25) is 9.59 Å². The Balaban J connectivity index is 1.52. The molecule has 1 N–H and O–H groups in total. The Kier molecular flexibility index (Phi) is 9.87. The average molecular weight is 762 g/mol. The lowest BCUT2D eigenvalue weighted by Crippen LogP contribution is -2.21. The molecule has 0 aliphatic carbocycles. The Morgan fingerprint density at radius 1 is 1.00 bits per heavy atom. The minimum absolute atomic E-state index is 0.0349. The van der Waals surface area contributed by atoms with Crippen LogP contribution in [0.1, 0.15) is 18.1 Å². The predicted molar refractivity (Wildman–Crippen MR) is 173 cm³/mol. The van der Waals surface area contributed by atoms with Crippen LogP contribution in [-0.2, 0) is 11.0 Å². The summed E-state index contributed by atoms with van der Waals surface area (Å²) in [6.07, 6.45) is -3.29. The van der Waals surface area contributed by atoms with Gasteiger partial charge in [-0.1, -0.05) is 24.3 Å². The van der Waals surface area contributed by atoms with E-state index in [1.165, 1.54) is 42.6 Å². The van der Waals surface area contributed by atoms with Gasteiger partial charge in [0.15, 0.2) is 23.9 Å². The number of ether oxygens (including phenoxy) is 2. The molecule has 1 amide bonds. The van der Waals surface area contributed by atoms with Crippen LogP contribution in [0.2, 0.25) is 0 Å². The van der Waals surface area contributed by atoms with Crippen LogP contribution in [0.3, 0.4) is 0 Å². The Hall–Kier alpha value is -4.56. The molecule has 4 aromatic carbocycles. The molecule has 0 fully saturated rings. The topological polar surface area (TPSA) is 94.8 Å². The van der Waals surface area contributed by atoms with E-state index in [-0.39, 0.29) is 34.9 Å². The number of hydrogen-bond acceptors (Lipinski definition) is 6. The van der Waals surface area contributed by atoms with Gasteiger partial charge in [0.05, 0.1) is 33.8 Å². The van der Waals surface area contributed by atoms with Gasteiger partial charge in [0.25, 0.3) is 11.5 Å². The molecule has 0 saturated carbocycles. The molecule has 0 radical (unpaired) electrons. The van der Waals surface area contributed by atoms with Gasteiger partial charge in [-0.15, -0.1) is 0 Å². The van der Waals surface area contributed by atoms with Crippen molar-refractivity contribution in [2.75, 3.05) is 18.5 Å². The lowest BCUT2D eigenvalue weighted by Gasteiger charge is -2.16. The number of fused-ring (bicyclic) bond motifs is 1. The van der Waals surface area contributed by atoms with E-state index in [2.05, 4.69) is 47.3 Å². The molecule has 236 valence electrons. The third-order valence-electron chi connectivity index (χ3n) is 6.45. The minimum atomic E-state index is -4.61. The average Bonchev–Trinajstić information content (AvgIpc) is 3.03. The summed E-state index contributed by atoms with van der Waals surface area (Å²) in [5.41, 5.74) is -0.394. The molecule has 46 heavy (non-hydrogen) atoms. The van der Waals surface area contributed by atoms with Crippen molar-refractivity contribution in [3.8, 4) is 22.9 Å². The van der Waals surface area contributed by atoms with Crippen molar-refractivity contribution in [1.82, 2.24) is 9.66 Å². The summed E-state index contributed by atoms with van der Waals surface area (Å²) in [5.74, 6) is -0.627. The molecule has 14 heteroatoms. The second-order valence-corrected chi connectivity index (χ2v) is 11.2. The number of para-hydroxylation sites is 1. The highest BCUT2D eigenvalue weighted by Gasteiger charge is 2.31. The Morgan fingerprint density at radius 3 is 2.46 bits per heavy atom. The fraction of sp³-hybridized carbons (Fsp3) is 0.125. The predicted octanol–water partition coefficient (Wildman–Crippen LogP) is 8.04. The van der Waals surface area contributed by atoms with E-state index in [0.29, 0.717) is 25.7 Å². The van der Waals surface area contributed by atoms with E-state index in [0.717, 1.165) is 16.8 Å². The van der Waals surface area contributed by atoms with E-state index in [9.17, 15) is 27.2 Å². The fourth-order valence-electron chi connectivity index (χ4n) is 4.34. The molecule has 8 nitrogen and oxygen atoms in total. The van der Waals surface area contributed by atoms with Gasteiger partial charge >= 0.3 is 6.18 Å². The SMILES string of the molecule is CCOc1cc(C=Nn2c(-c3cccc(C(F)(F)F)c3)nc3ccccc3c2=O)c(Br)c(Br)c1OCC(=O)Nc1ccc(F)cc1. The zero-order valence-electron chi connectivity index (χ0n) is 23.7. The van der Waals surface area contributed by atoms with Crippen LogP contribution in [0.25, 0.3) is 22.3 Å². The number of benzene rings is 4. The number of rotatable bonds is 9. The van der Waals surface area contributed by atoms with Gasteiger partial charge in [0.2, 0.25) is 0 Å². The summed E-state index contributed by atoms with van der Waals surface area (Å²) >= 11 is 6.93. The highest BCUT2D eigenvalue weighted by molar-refractivity contribution is 9.13. The molecule has 0 spiro atoms. The number of aromatic nitrogens is 2. The summed E-state index contributed by atoms with van der Waals surface area (Å²) in [7, 11) is 0. The summed E-state index contributed by atoms with van der Waals surface area (Å²) < 4.78 is 67.0. The second kappa shape index (κ2) is 13.8. The molecule has 1 aromatic heterocycles. The summed E-state index contributed by atoms with van der Waals surface area (Å²) in [5, 5.41) is 7.17. The Bertz CT molecular complexity index is 2020. The van der Waals surface area contributed by atoms with Crippen molar-refractivity contribution >= 4 is 60.6 Å². The van der Waals surface area contributed by atoms with Crippen LogP contribution in [0, 0.1) is 5.82 Å². The first-order valence-corrected chi connectivity index (χ1v) is 15.1. The smallest absolute Gasteiger partial charge is 0.416 e. The molecule has 5 rings (SSSR count). The zero-order chi connectivity index (χ0) is 33.0. The maximum atomic E-state index is 13.6. The Labute approximate surface area is 275 Å². The monoisotopic (exact) mass is 760 g/mol. The maximum absolute atomic E-state index is 13.6. The van der Waals surface area contributed by atoms with E-state index in [4.69, 9.17) is 9.47 Å². The van der Waals surface area contributed by atoms with Gasteiger partial charge < -0.3 is 14.8 Å². The molecule has 1 heterocycles. The molecule has 0 bridgehead atoms. The van der Waals surface area contributed by atoms with Gasteiger partial charge in [0.1, 0.15) is 5.82 Å². The first-order chi connectivity index (χ1) is 22.0. The first kappa shape index (κ1) is 32.8. The maximum Gasteiger partial charge on any atom is 0.416 e. The molecule has 5 aromatic rings. The highest BCUT2D eigenvalue weighted by atomic mass is 79.9. The Morgan fingerprint density at radius 2 is 1.74 bits per heavy atom. The van der Waals surface area contributed by atoms with Gasteiger partial charge in [0, 0.05) is 21.3 Å². The number of amides is 1. The minimum Gasteiger partial charge on any atom is -0.490 e. The third kappa shape index (κ3) is 7.29. The first-order valence-electron chi connectivity index (χ1n) is 13.5. The standard InChI is InChI=1S/C32H22Br2F4N4O4/c1-2-45-25-15-19(27(33)28(34)29(25)46-17-26(43)40-22-12-10-21(35)11-13-22)16-39-42-30(18-6-5-7-20(14-18)32(36,37)38)41-24-9-4-3-8-23(24)31(42)44/h3-16H,2,17H2,1H3,(H,40,43). The van der Waals surface area contributed by atoms with E-state index >= 15 is 0 Å². The molecule has 0 saturated heterocycles. The van der Waals surface area contributed by atoms with Gasteiger partial charge in [-0.2, -0.15) is 22.9 Å². The molecule has 0 unspecified atom stereocenters. The lowest BCUT2D eigenvalue weighted by molar-refractivity contribution is -0.137. The molecule has 0 aliphatic heterocycles. The van der Waals surface area contributed by atoms with Crippen LogP contribution in [0.4, 0.5) is 23.2 Å². The van der Waals surface area contributed by atoms with Gasteiger partial charge in [-0.25, -0.2) is 9.37 Å². The number of hydrogen-bond donors (Lipinski definition) is 1. The van der Waals surface area contributed by atoms with Crippen molar-refractivity contribution in [3.05, 3.63) is 115 Å². The summed E-state index contributed by atoms with van der Waals surface area (Å²) in [4.78, 5) is 30.5. The van der Waals surface area contributed by atoms with Crippen molar-refractivity contribution < 1.29 is 31.8 Å². The number of alkyl halides is 3. The third-order valence-corrected chi connectivity index (χ3v) is 8.59.